The second-order valence-electron chi connectivity index (χ2n) is 7.82. The third-order valence-electron chi connectivity index (χ3n) is 6.24. The first-order chi connectivity index (χ1) is 14.2. The predicted molar refractivity (Wildman–Crippen MR) is 116 cm³/mol. The van der Waals surface area contributed by atoms with Gasteiger partial charge in [-0.05, 0) is 47.7 Å². The number of phenols is 1. The van der Waals surface area contributed by atoms with E-state index in [1.165, 1.54) is 0 Å². The van der Waals surface area contributed by atoms with Crippen molar-refractivity contribution in [2.24, 2.45) is 5.92 Å². The molecule has 0 saturated heterocycles. The fraction of sp³-hybridized carbons (Fsp3) is 0.240. The van der Waals surface area contributed by atoms with Crippen LogP contribution in [0.2, 0.25) is 0 Å². The Hall–Kier alpha value is -3.27. The molecule has 3 aromatic carbocycles. The number of benzene rings is 3. The maximum atomic E-state index is 12.7. The number of anilines is 1. The minimum Gasteiger partial charge on any atom is -0.508 e. The van der Waals surface area contributed by atoms with E-state index in [9.17, 15) is 9.90 Å². The predicted octanol–water partition coefficient (Wildman–Crippen LogP) is 5.12. The Balaban J connectivity index is 1.69. The highest BCUT2D eigenvalue weighted by atomic mass is 16.3. The van der Waals surface area contributed by atoms with E-state index in [1.807, 2.05) is 37.3 Å². The molecule has 3 aromatic rings. The van der Waals surface area contributed by atoms with Crippen molar-refractivity contribution < 1.29 is 9.90 Å². The molecule has 1 aliphatic carbocycles. The molecule has 0 bridgehead atoms. The molecule has 5 rings (SSSR count). The molecule has 2 aliphatic rings. The maximum absolute atomic E-state index is 12.7. The van der Waals surface area contributed by atoms with Crippen LogP contribution >= 0.6 is 0 Å². The standard InChI is InChI=1S/C25H24N2O2/c1-2-26-25(29)20-12-6-10-18-17-9-5-11-19(17)24(27-23(18)20)22-16-8-4-3-7-15(16)13-14-21(22)28/h3-10,12-14,17,19,24,27-28H,2,11H2,1H3,(H,26,29). The Bertz CT molecular complexity index is 1130. The van der Waals surface area contributed by atoms with Gasteiger partial charge in [-0.2, -0.15) is 0 Å². The number of rotatable bonds is 3. The number of hydrogen-bond donors (Lipinski definition) is 3. The van der Waals surface area contributed by atoms with Crippen molar-refractivity contribution in [2.75, 3.05) is 11.9 Å². The summed E-state index contributed by atoms with van der Waals surface area (Å²) in [6, 6.07) is 17.7. The van der Waals surface area contributed by atoms with Crippen LogP contribution < -0.4 is 10.6 Å². The van der Waals surface area contributed by atoms with Gasteiger partial charge in [0.25, 0.3) is 5.91 Å². The summed E-state index contributed by atoms with van der Waals surface area (Å²) >= 11 is 0. The molecular formula is C25H24N2O2. The van der Waals surface area contributed by atoms with E-state index in [2.05, 4.69) is 41.0 Å². The summed E-state index contributed by atoms with van der Waals surface area (Å²) in [6.45, 7) is 2.51. The summed E-state index contributed by atoms with van der Waals surface area (Å²) < 4.78 is 0. The molecule has 0 fully saturated rings. The number of allylic oxidation sites excluding steroid dienone is 2. The highest BCUT2D eigenvalue weighted by molar-refractivity contribution is 6.01. The molecule has 3 unspecified atom stereocenters. The molecule has 146 valence electrons. The number of hydrogen-bond acceptors (Lipinski definition) is 3. The second-order valence-corrected chi connectivity index (χ2v) is 7.82. The van der Waals surface area contributed by atoms with Crippen LogP contribution in [0.25, 0.3) is 10.8 Å². The smallest absolute Gasteiger partial charge is 0.253 e. The van der Waals surface area contributed by atoms with Crippen molar-refractivity contribution in [1.82, 2.24) is 5.32 Å². The molecule has 0 spiro atoms. The monoisotopic (exact) mass is 384 g/mol. The summed E-state index contributed by atoms with van der Waals surface area (Å²) in [6.07, 6.45) is 5.41. The molecule has 0 aromatic heterocycles. The number of nitrogens with one attached hydrogen (secondary N) is 2. The van der Waals surface area contributed by atoms with Gasteiger partial charge in [0.2, 0.25) is 0 Å². The highest BCUT2D eigenvalue weighted by Crippen LogP contribution is 2.52. The summed E-state index contributed by atoms with van der Waals surface area (Å²) in [7, 11) is 0. The van der Waals surface area contributed by atoms with Gasteiger partial charge in [0.1, 0.15) is 5.75 Å². The van der Waals surface area contributed by atoms with Gasteiger partial charge < -0.3 is 15.7 Å². The fourth-order valence-corrected chi connectivity index (χ4v) is 4.96. The molecule has 4 nitrogen and oxygen atoms in total. The molecule has 1 amide bonds. The first-order valence-corrected chi connectivity index (χ1v) is 10.2. The van der Waals surface area contributed by atoms with E-state index < -0.39 is 0 Å². The van der Waals surface area contributed by atoms with E-state index in [0.29, 0.717) is 23.8 Å². The number of aromatic hydroxyl groups is 1. The Morgan fingerprint density at radius 1 is 1.14 bits per heavy atom. The minimum atomic E-state index is -0.0795. The van der Waals surface area contributed by atoms with E-state index >= 15 is 0 Å². The van der Waals surface area contributed by atoms with Crippen LogP contribution in [0.1, 0.15) is 46.8 Å². The van der Waals surface area contributed by atoms with Crippen LogP contribution in [-0.4, -0.2) is 17.6 Å². The van der Waals surface area contributed by atoms with Crippen molar-refractivity contribution >= 4 is 22.4 Å². The minimum absolute atomic E-state index is 0.0711. The molecule has 1 aliphatic heterocycles. The number of carbonyl (C=O) groups is 1. The van der Waals surface area contributed by atoms with Gasteiger partial charge in [-0.15, -0.1) is 0 Å². The van der Waals surface area contributed by atoms with Crippen molar-refractivity contribution in [1.29, 1.82) is 0 Å². The first-order valence-electron chi connectivity index (χ1n) is 10.2. The molecule has 29 heavy (non-hydrogen) atoms. The van der Waals surface area contributed by atoms with Gasteiger partial charge in [0.15, 0.2) is 0 Å². The summed E-state index contributed by atoms with van der Waals surface area (Å²) in [5.41, 5.74) is 3.61. The normalized spacial score (nSPS) is 22.0. The lowest BCUT2D eigenvalue weighted by Crippen LogP contribution is -2.32. The molecular weight excluding hydrogens is 360 g/mol. The molecule has 0 radical (unpaired) electrons. The number of amides is 1. The second kappa shape index (κ2) is 6.96. The average molecular weight is 384 g/mol. The zero-order valence-electron chi connectivity index (χ0n) is 16.4. The van der Waals surface area contributed by atoms with Crippen molar-refractivity contribution in [3.63, 3.8) is 0 Å². The molecule has 3 N–H and O–H groups in total. The highest BCUT2D eigenvalue weighted by Gasteiger charge is 2.40. The third-order valence-corrected chi connectivity index (χ3v) is 6.24. The van der Waals surface area contributed by atoms with Crippen molar-refractivity contribution in [3.8, 4) is 5.75 Å². The Morgan fingerprint density at radius 2 is 2.00 bits per heavy atom. The van der Waals surface area contributed by atoms with Gasteiger partial charge >= 0.3 is 0 Å². The summed E-state index contributed by atoms with van der Waals surface area (Å²) in [4.78, 5) is 12.7. The van der Waals surface area contributed by atoms with E-state index in [0.717, 1.165) is 34.0 Å². The maximum Gasteiger partial charge on any atom is 0.253 e. The van der Waals surface area contributed by atoms with E-state index in [1.54, 1.807) is 6.07 Å². The van der Waals surface area contributed by atoms with E-state index in [4.69, 9.17) is 0 Å². The third kappa shape index (κ3) is 2.79. The Labute approximate surface area is 170 Å². The summed E-state index contributed by atoms with van der Waals surface area (Å²) in [5, 5.41) is 19.6. The zero-order valence-corrected chi connectivity index (χ0v) is 16.4. The quantitative estimate of drug-likeness (QED) is 0.549. The summed E-state index contributed by atoms with van der Waals surface area (Å²) in [5.74, 6) is 0.747. The number of carbonyl (C=O) groups excluding carboxylic acids is 1. The van der Waals surface area contributed by atoms with E-state index in [-0.39, 0.29) is 17.9 Å². The largest absolute Gasteiger partial charge is 0.508 e. The number of phenolic OH excluding ortho intramolecular Hbond substituents is 1. The van der Waals surface area contributed by atoms with Gasteiger partial charge in [-0.1, -0.05) is 54.6 Å². The Kier molecular flexibility index (Phi) is 4.27. The lowest BCUT2D eigenvalue weighted by atomic mass is 9.75. The van der Waals surface area contributed by atoms with Crippen LogP contribution in [0.5, 0.6) is 5.75 Å². The number of fused-ring (bicyclic) bond motifs is 4. The average Bonchev–Trinajstić information content (AvgIpc) is 3.23. The van der Waals surface area contributed by atoms with Gasteiger partial charge in [0.05, 0.1) is 17.3 Å². The van der Waals surface area contributed by atoms with Crippen molar-refractivity contribution in [3.05, 3.63) is 83.4 Å². The molecule has 1 heterocycles. The molecule has 0 saturated carbocycles. The van der Waals surface area contributed by atoms with Crippen LogP contribution in [0, 0.1) is 5.92 Å². The lowest BCUT2D eigenvalue weighted by molar-refractivity contribution is 0.0956. The molecule has 4 heteroatoms. The van der Waals surface area contributed by atoms with Crippen LogP contribution in [0.4, 0.5) is 5.69 Å². The first kappa shape index (κ1) is 17.8. The van der Waals surface area contributed by atoms with Gasteiger partial charge in [-0.3, -0.25) is 4.79 Å². The van der Waals surface area contributed by atoms with Crippen molar-refractivity contribution in [2.45, 2.75) is 25.3 Å². The molecule has 3 atom stereocenters. The fourth-order valence-electron chi connectivity index (χ4n) is 4.96. The topological polar surface area (TPSA) is 61.4 Å². The van der Waals surface area contributed by atoms with Crippen LogP contribution in [0.15, 0.2) is 66.7 Å². The van der Waals surface area contributed by atoms with Crippen LogP contribution in [-0.2, 0) is 0 Å². The Morgan fingerprint density at radius 3 is 2.86 bits per heavy atom. The number of para-hydroxylation sites is 1. The van der Waals surface area contributed by atoms with Gasteiger partial charge in [-0.25, -0.2) is 0 Å². The lowest BCUT2D eigenvalue weighted by Gasteiger charge is -2.39. The SMILES string of the molecule is CCNC(=O)c1cccc2c1NC(c1c(O)ccc3ccccc13)C1CC=CC21. The zero-order chi connectivity index (χ0) is 20.0. The van der Waals surface area contributed by atoms with Crippen LogP contribution in [0.3, 0.4) is 0 Å². The van der Waals surface area contributed by atoms with Gasteiger partial charge in [0, 0.05) is 18.0 Å².